The number of hydrogen-bond acceptors (Lipinski definition) is 4. The molecule has 0 saturated heterocycles. The van der Waals surface area contributed by atoms with Crippen LogP contribution in [0, 0.1) is 0 Å². The molecule has 0 bridgehead atoms. The van der Waals surface area contributed by atoms with E-state index < -0.39 is 6.17 Å². The number of aliphatic imine (C=N–C) groups is 1. The van der Waals surface area contributed by atoms with Crippen molar-refractivity contribution in [3.63, 3.8) is 0 Å². The maximum Gasteiger partial charge on any atom is 0.273 e. The van der Waals surface area contributed by atoms with Crippen molar-refractivity contribution in [1.29, 1.82) is 0 Å². The lowest BCUT2D eigenvalue weighted by atomic mass is 9.92. The fraction of sp³-hybridized carbons (Fsp3) is 0.312. The molecule has 2 aromatic carbocycles. The van der Waals surface area contributed by atoms with Gasteiger partial charge >= 0.3 is 0 Å². The van der Waals surface area contributed by atoms with E-state index in [2.05, 4.69) is 32.4 Å². The van der Waals surface area contributed by atoms with Crippen molar-refractivity contribution in [3.8, 4) is 11.3 Å². The Hall–Kier alpha value is -3.70. The molecule has 6 rings (SSSR count). The number of allylic oxidation sites excluding steroid dienone is 1. The lowest BCUT2D eigenvalue weighted by molar-refractivity contribution is 0.0585. The van der Waals surface area contributed by atoms with Crippen molar-refractivity contribution < 1.29 is 9.18 Å². The van der Waals surface area contributed by atoms with Gasteiger partial charge in [0.05, 0.1) is 29.7 Å². The first-order valence-electron chi connectivity index (χ1n) is 13.9. The molecule has 3 heterocycles. The number of aromatic nitrogens is 3. The summed E-state index contributed by atoms with van der Waals surface area (Å²) in [6, 6.07) is 17.3. The van der Waals surface area contributed by atoms with Crippen LogP contribution in [0.2, 0.25) is 0 Å². The molecule has 40 heavy (non-hydrogen) atoms. The lowest BCUT2D eigenvalue weighted by Crippen LogP contribution is -2.40. The van der Waals surface area contributed by atoms with Crippen LogP contribution in [0.5, 0.6) is 0 Å². The van der Waals surface area contributed by atoms with Crippen LogP contribution in [-0.4, -0.2) is 37.7 Å². The first kappa shape index (κ1) is 26.5. The van der Waals surface area contributed by atoms with Gasteiger partial charge < -0.3 is 4.90 Å². The molecule has 204 valence electrons. The molecular weight excluding hydrogens is 520 g/mol. The maximum atomic E-state index is 15.2. The Morgan fingerprint density at radius 3 is 2.65 bits per heavy atom. The van der Waals surface area contributed by atoms with Crippen molar-refractivity contribution in [3.05, 3.63) is 95.0 Å². The van der Waals surface area contributed by atoms with E-state index in [0.29, 0.717) is 28.5 Å². The van der Waals surface area contributed by atoms with Gasteiger partial charge in [0.1, 0.15) is 11.9 Å². The summed E-state index contributed by atoms with van der Waals surface area (Å²) in [5.41, 5.74) is 6.77. The van der Waals surface area contributed by atoms with Gasteiger partial charge in [0.25, 0.3) is 5.91 Å². The number of halogens is 1. The first-order valence-corrected chi connectivity index (χ1v) is 14.5. The number of alkyl halides is 1. The van der Waals surface area contributed by atoms with Crippen molar-refractivity contribution >= 4 is 31.8 Å². The highest BCUT2D eigenvalue weighted by Crippen LogP contribution is 2.40. The molecular formula is C32H33FN5OP. The second-order valence-electron chi connectivity index (χ2n) is 10.7. The molecule has 2 aliphatic rings. The van der Waals surface area contributed by atoms with Crippen LogP contribution in [-0.2, 0) is 0 Å². The van der Waals surface area contributed by atoms with Crippen LogP contribution in [0.15, 0.2) is 71.9 Å². The molecule has 3 atom stereocenters. The zero-order valence-corrected chi connectivity index (χ0v) is 24.2. The van der Waals surface area contributed by atoms with Gasteiger partial charge in [-0.1, -0.05) is 55.5 Å². The van der Waals surface area contributed by atoms with Gasteiger partial charge in [0.2, 0.25) is 0 Å². The lowest BCUT2D eigenvalue weighted by Gasteiger charge is -2.36. The zero-order valence-electron chi connectivity index (χ0n) is 23.0. The highest BCUT2D eigenvalue weighted by Gasteiger charge is 2.34. The molecule has 6 nitrogen and oxygen atoms in total. The van der Waals surface area contributed by atoms with E-state index in [9.17, 15) is 4.79 Å². The molecule has 2 aromatic heterocycles. The molecule has 3 unspecified atom stereocenters. The Labute approximate surface area is 236 Å². The Morgan fingerprint density at radius 1 is 1.15 bits per heavy atom. The van der Waals surface area contributed by atoms with E-state index in [0.717, 1.165) is 28.5 Å². The summed E-state index contributed by atoms with van der Waals surface area (Å²) in [5.74, 6) is 0.355. The second kappa shape index (κ2) is 10.7. The van der Waals surface area contributed by atoms with Crippen molar-refractivity contribution in [2.24, 2.45) is 4.99 Å². The minimum absolute atomic E-state index is 0.0141. The van der Waals surface area contributed by atoms with E-state index in [1.165, 1.54) is 18.4 Å². The number of nitrogens with zero attached hydrogens (tertiary/aromatic N) is 5. The highest BCUT2D eigenvalue weighted by atomic mass is 31.0. The Bertz CT molecular complexity index is 1670. The molecule has 0 spiro atoms. The predicted octanol–water partition coefficient (Wildman–Crippen LogP) is 6.73. The number of carbonyl (C=O) groups is 1. The van der Waals surface area contributed by atoms with Crippen molar-refractivity contribution in [1.82, 2.24) is 19.5 Å². The molecule has 8 heteroatoms. The van der Waals surface area contributed by atoms with Gasteiger partial charge in [-0.3, -0.25) is 9.79 Å². The number of fused-ring (bicyclic) bond motifs is 2. The van der Waals surface area contributed by atoms with Crippen LogP contribution in [0.1, 0.15) is 91.0 Å². The van der Waals surface area contributed by atoms with Crippen LogP contribution in [0.3, 0.4) is 0 Å². The molecule has 1 aliphatic carbocycles. The van der Waals surface area contributed by atoms with E-state index >= 15 is 4.39 Å². The third-order valence-corrected chi connectivity index (χ3v) is 8.37. The molecule has 1 aliphatic heterocycles. The molecule has 1 amide bonds. The number of benzene rings is 2. The number of amides is 1. The summed E-state index contributed by atoms with van der Waals surface area (Å²) in [5, 5.41) is 5.98. The summed E-state index contributed by atoms with van der Waals surface area (Å²) in [6.07, 6.45) is 5.85. The number of carbonyl (C=O) groups excluding carboxylic acids is 1. The molecule has 0 N–H and O–H groups in total. The summed E-state index contributed by atoms with van der Waals surface area (Å²) >= 11 is 0. The van der Waals surface area contributed by atoms with Gasteiger partial charge in [-0.25, -0.2) is 13.9 Å². The molecule has 4 aromatic rings. The number of rotatable bonds is 6. The van der Waals surface area contributed by atoms with Crippen LogP contribution >= 0.6 is 9.24 Å². The zero-order chi connectivity index (χ0) is 28.0. The Morgan fingerprint density at radius 2 is 1.93 bits per heavy atom. The monoisotopic (exact) mass is 553 g/mol. The summed E-state index contributed by atoms with van der Waals surface area (Å²) < 4.78 is 16.9. The van der Waals surface area contributed by atoms with Crippen LogP contribution < -0.4 is 5.30 Å². The van der Waals surface area contributed by atoms with Crippen LogP contribution in [0.25, 0.3) is 16.9 Å². The summed E-state index contributed by atoms with van der Waals surface area (Å²) in [4.78, 5) is 24.8. The second-order valence-corrected chi connectivity index (χ2v) is 11.3. The highest BCUT2D eigenvalue weighted by molar-refractivity contribution is 7.28. The van der Waals surface area contributed by atoms with Gasteiger partial charge in [-0.15, -0.1) is 9.24 Å². The average molecular weight is 554 g/mol. The smallest absolute Gasteiger partial charge is 0.273 e. The molecule has 1 fully saturated rings. The first-order chi connectivity index (χ1) is 19.4. The Balaban J connectivity index is 1.44. The maximum absolute atomic E-state index is 15.2. The van der Waals surface area contributed by atoms with Gasteiger partial charge in [0.15, 0.2) is 5.65 Å². The van der Waals surface area contributed by atoms with Gasteiger partial charge in [-0.05, 0) is 67.1 Å². The topological polar surface area (TPSA) is 62.9 Å². The number of hydrogen-bond donors (Lipinski definition) is 0. The van der Waals surface area contributed by atoms with Gasteiger partial charge in [0, 0.05) is 17.8 Å². The standard InChI is InChI=1S/C32H33FN5OP/c1-4-5-14-34-19(2)29-16-28(32(39)37-18-26(33)24-9-7-6-8-23(24)20(37)3)35-31-17-27(36-38(29)31)25-13-12-22(15-30(25)40)21-10-11-21/h5-9,12-17,20-21,26H,4,10-11,18,40H2,1-3H3/b14-5-,34-19?. The third-order valence-electron chi connectivity index (χ3n) is 7.90. The Kier molecular flexibility index (Phi) is 7.09. The largest absolute Gasteiger partial charge is 0.327 e. The van der Waals surface area contributed by atoms with E-state index in [1.54, 1.807) is 27.7 Å². The molecule has 0 radical (unpaired) electrons. The average Bonchev–Trinajstić information content (AvgIpc) is 3.73. The minimum atomic E-state index is -1.25. The molecule has 1 saturated carbocycles. The normalized spacial score (nSPS) is 19.4. The van der Waals surface area contributed by atoms with Crippen molar-refractivity contribution in [2.75, 3.05) is 6.54 Å². The predicted molar refractivity (Wildman–Crippen MR) is 161 cm³/mol. The van der Waals surface area contributed by atoms with Gasteiger partial charge in [-0.2, -0.15) is 5.10 Å². The quantitative estimate of drug-likeness (QED) is 0.196. The van der Waals surface area contributed by atoms with E-state index in [4.69, 9.17) is 10.1 Å². The minimum Gasteiger partial charge on any atom is -0.327 e. The SMILES string of the molecule is CC/C=C\N=C(C)c1cc(C(=O)N2CC(F)c3ccccc3C2C)nc2cc(-c3ccc(C4CC4)cc3P)nn12. The fourth-order valence-corrected chi connectivity index (χ4v) is 5.91. The summed E-state index contributed by atoms with van der Waals surface area (Å²) in [6.45, 7) is 5.87. The van der Waals surface area contributed by atoms with E-state index in [-0.39, 0.29) is 24.2 Å². The van der Waals surface area contributed by atoms with Crippen molar-refractivity contribution in [2.45, 2.75) is 58.2 Å². The van der Waals surface area contributed by atoms with E-state index in [1.807, 2.05) is 51.1 Å². The summed E-state index contributed by atoms with van der Waals surface area (Å²) in [7, 11) is 2.84. The van der Waals surface area contributed by atoms with Crippen LogP contribution in [0.4, 0.5) is 4.39 Å². The third kappa shape index (κ3) is 4.88. The fourth-order valence-electron chi connectivity index (χ4n) is 5.47.